The normalized spacial score (nSPS) is 24.9. The van der Waals surface area contributed by atoms with Crippen molar-refractivity contribution >= 4 is 5.91 Å². The number of amides is 1. The zero-order valence-corrected chi connectivity index (χ0v) is 10.5. The molecule has 0 spiro atoms. The Kier molecular flexibility index (Phi) is 3.84. The van der Waals surface area contributed by atoms with E-state index in [2.05, 4.69) is 19.2 Å². The third-order valence-corrected chi connectivity index (χ3v) is 3.28. The van der Waals surface area contributed by atoms with Gasteiger partial charge in [0.25, 0.3) is 0 Å². The average Bonchev–Trinajstić information content (AvgIpc) is 2.79. The van der Waals surface area contributed by atoms with E-state index in [1.807, 2.05) is 17.0 Å². The number of rotatable bonds is 3. The molecule has 0 aromatic carbocycles. The lowest BCUT2D eigenvalue weighted by molar-refractivity contribution is -0.136. The zero-order valence-electron chi connectivity index (χ0n) is 10.5. The standard InChI is InChI=1S/C13H20N2O2/c1-10-8-14-9-11(2)15(10)13(16)6-5-12-4-3-7-17-12/h3-4,7,10-11,14H,5-6,8-9H2,1-2H3. The summed E-state index contributed by atoms with van der Waals surface area (Å²) in [4.78, 5) is 14.2. The zero-order chi connectivity index (χ0) is 12.3. The summed E-state index contributed by atoms with van der Waals surface area (Å²) < 4.78 is 5.24. The lowest BCUT2D eigenvalue weighted by Crippen LogP contribution is -2.57. The lowest BCUT2D eigenvalue weighted by atomic mass is 10.1. The molecule has 1 aliphatic rings. The molecule has 1 fully saturated rings. The minimum atomic E-state index is 0.225. The van der Waals surface area contributed by atoms with Gasteiger partial charge in [0.2, 0.25) is 5.91 Å². The first-order valence-electron chi connectivity index (χ1n) is 6.22. The molecule has 2 atom stereocenters. The maximum Gasteiger partial charge on any atom is 0.223 e. The number of carbonyl (C=O) groups excluding carboxylic acids is 1. The van der Waals surface area contributed by atoms with Crippen LogP contribution in [-0.2, 0) is 11.2 Å². The van der Waals surface area contributed by atoms with E-state index in [-0.39, 0.29) is 18.0 Å². The van der Waals surface area contributed by atoms with Crippen molar-refractivity contribution < 1.29 is 9.21 Å². The Hall–Kier alpha value is -1.29. The molecule has 2 unspecified atom stereocenters. The third kappa shape index (κ3) is 2.88. The molecule has 17 heavy (non-hydrogen) atoms. The van der Waals surface area contributed by atoms with Crippen LogP contribution in [-0.4, -0.2) is 36.0 Å². The predicted molar refractivity (Wildman–Crippen MR) is 65.7 cm³/mol. The molecule has 0 saturated carbocycles. The highest BCUT2D eigenvalue weighted by atomic mass is 16.3. The summed E-state index contributed by atoms with van der Waals surface area (Å²) in [5.41, 5.74) is 0. The van der Waals surface area contributed by atoms with Crippen LogP contribution in [0.15, 0.2) is 22.8 Å². The minimum absolute atomic E-state index is 0.225. The Labute approximate surface area is 102 Å². The van der Waals surface area contributed by atoms with Gasteiger partial charge in [-0.1, -0.05) is 0 Å². The van der Waals surface area contributed by atoms with E-state index in [0.717, 1.165) is 18.8 Å². The van der Waals surface area contributed by atoms with Gasteiger partial charge in [0.05, 0.1) is 6.26 Å². The van der Waals surface area contributed by atoms with E-state index in [1.165, 1.54) is 0 Å². The van der Waals surface area contributed by atoms with E-state index >= 15 is 0 Å². The maximum absolute atomic E-state index is 12.2. The predicted octanol–water partition coefficient (Wildman–Crippen LogP) is 1.42. The Morgan fingerprint density at radius 3 is 2.76 bits per heavy atom. The molecule has 1 saturated heterocycles. The van der Waals surface area contributed by atoms with Crippen LogP contribution in [0.25, 0.3) is 0 Å². The first-order chi connectivity index (χ1) is 8.18. The van der Waals surface area contributed by atoms with Gasteiger partial charge < -0.3 is 14.6 Å². The van der Waals surface area contributed by atoms with Gasteiger partial charge in [0.15, 0.2) is 0 Å². The first-order valence-corrected chi connectivity index (χ1v) is 6.22. The van der Waals surface area contributed by atoms with Crippen LogP contribution in [0.4, 0.5) is 0 Å². The Morgan fingerprint density at radius 2 is 2.18 bits per heavy atom. The van der Waals surface area contributed by atoms with Gasteiger partial charge in [0.1, 0.15) is 5.76 Å². The Bertz CT molecular complexity index is 352. The highest BCUT2D eigenvalue weighted by molar-refractivity contribution is 5.77. The van der Waals surface area contributed by atoms with Crippen molar-refractivity contribution in [3.05, 3.63) is 24.2 Å². The van der Waals surface area contributed by atoms with Crippen molar-refractivity contribution in [2.24, 2.45) is 0 Å². The summed E-state index contributed by atoms with van der Waals surface area (Å²) in [6, 6.07) is 4.33. The fraction of sp³-hybridized carbons (Fsp3) is 0.615. The van der Waals surface area contributed by atoms with Crippen molar-refractivity contribution in [1.82, 2.24) is 10.2 Å². The molecule has 4 heteroatoms. The molecule has 4 nitrogen and oxygen atoms in total. The van der Waals surface area contributed by atoms with E-state index in [9.17, 15) is 4.79 Å². The first kappa shape index (κ1) is 12.2. The van der Waals surface area contributed by atoms with Crippen LogP contribution in [0.5, 0.6) is 0 Å². The second-order valence-corrected chi connectivity index (χ2v) is 4.74. The van der Waals surface area contributed by atoms with Gasteiger partial charge in [-0.25, -0.2) is 0 Å². The smallest absolute Gasteiger partial charge is 0.223 e. The molecule has 0 bridgehead atoms. The quantitative estimate of drug-likeness (QED) is 0.863. The molecule has 1 amide bonds. The second-order valence-electron chi connectivity index (χ2n) is 4.74. The van der Waals surface area contributed by atoms with E-state index in [0.29, 0.717) is 12.8 Å². The molecule has 0 aliphatic carbocycles. The number of hydrogen-bond acceptors (Lipinski definition) is 3. The highest BCUT2D eigenvalue weighted by Gasteiger charge is 2.28. The fourth-order valence-corrected chi connectivity index (χ4v) is 2.44. The summed E-state index contributed by atoms with van der Waals surface area (Å²) in [6.45, 7) is 5.95. The minimum Gasteiger partial charge on any atom is -0.469 e. The number of aryl methyl sites for hydroxylation is 1. The number of furan rings is 1. The van der Waals surface area contributed by atoms with E-state index in [4.69, 9.17) is 4.42 Å². The van der Waals surface area contributed by atoms with Crippen molar-refractivity contribution in [3.8, 4) is 0 Å². The highest BCUT2D eigenvalue weighted by Crippen LogP contribution is 2.13. The van der Waals surface area contributed by atoms with Gasteiger partial charge >= 0.3 is 0 Å². The molecular formula is C13H20N2O2. The van der Waals surface area contributed by atoms with Gasteiger partial charge in [-0.05, 0) is 26.0 Å². The summed E-state index contributed by atoms with van der Waals surface area (Å²) >= 11 is 0. The average molecular weight is 236 g/mol. The summed E-state index contributed by atoms with van der Waals surface area (Å²) in [5.74, 6) is 1.11. The summed E-state index contributed by atoms with van der Waals surface area (Å²) in [7, 11) is 0. The topological polar surface area (TPSA) is 45.5 Å². The van der Waals surface area contributed by atoms with Gasteiger partial charge in [-0.3, -0.25) is 4.79 Å². The third-order valence-electron chi connectivity index (χ3n) is 3.28. The van der Waals surface area contributed by atoms with Crippen LogP contribution in [0.2, 0.25) is 0 Å². The number of nitrogens with one attached hydrogen (secondary N) is 1. The van der Waals surface area contributed by atoms with Crippen molar-refractivity contribution in [2.75, 3.05) is 13.1 Å². The summed E-state index contributed by atoms with van der Waals surface area (Å²) in [6.07, 6.45) is 2.87. The van der Waals surface area contributed by atoms with Crippen LogP contribution in [0, 0.1) is 0 Å². The van der Waals surface area contributed by atoms with Crippen molar-refractivity contribution in [3.63, 3.8) is 0 Å². The van der Waals surface area contributed by atoms with Crippen LogP contribution < -0.4 is 5.32 Å². The molecule has 0 radical (unpaired) electrons. The number of nitrogens with zero attached hydrogens (tertiary/aromatic N) is 1. The van der Waals surface area contributed by atoms with E-state index < -0.39 is 0 Å². The maximum atomic E-state index is 12.2. The molecule has 94 valence electrons. The molecule has 1 N–H and O–H groups in total. The molecule has 1 aromatic rings. The van der Waals surface area contributed by atoms with Crippen LogP contribution >= 0.6 is 0 Å². The van der Waals surface area contributed by atoms with Crippen molar-refractivity contribution in [1.29, 1.82) is 0 Å². The molecule has 1 aliphatic heterocycles. The number of carbonyl (C=O) groups is 1. The van der Waals surface area contributed by atoms with Gasteiger partial charge in [0, 0.05) is 38.0 Å². The molecule has 1 aromatic heterocycles. The van der Waals surface area contributed by atoms with Crippen molar-refractivity contribution in [2.45, 2.75) is 38.8 Å². The lowest BCUT2D eigenvalue weighted by Gasteiger charge is -2.39. The van der Waals surface area contributed by atoms with Crippen LogP contribution in [0.3, 0.4) is 0 Å². The van der Waals surface area contributed by atoms with Gasteiger partial charge in [-0.15, -0.1) is 0 Å². The van der Waals surface area contributed by atoms with E-state index in [1.54, 1.807) is 6.26 Å². The number of hydrogen-bond donors (Lipinski definition) is 1. The molecule has 2 rings (SSSR count). The Balaban J connectivity index is 1.90. The Morgan fingerprint density at radius 1 is 1.47 bits per heavy atom. The second kappa shape index (κ2) is 5.36. The SMILES string of the molecule is CC1CNCC(C)N1C(=O)CCc1ccco1. The molecular weight excluding hydrogens is 216 g/mol. The number of piperazine rings is 1. The monoisotopic (exact) mass is 236 g/mol. The van der Waals surface area contributed by atoms with Crippen LogP contribution in [0.1, 0.15) is 26.0 Å². The largest absolute Gasteiger partial charge is 0.469 e. The summed E-state index contributed by atoms with van der Waals surface area (Å²) in [5, 5.41) is 3.33. The fourth-order valence-electron chi connectivity index (χ4n) is 2.44. The molecule has 2 heterocycles. The van der Waals surface area contributed by atoms with Gasteiger partial charge in [-0.2, -0.15) is 0 Å².